The first-order chi connectivity index (χ1) is 15.0. The highest BCUT2D eigenvalue weighted by Crippen LogP contribution is 2.27. The zero-order valence-corrected chi connectivity index (χ0v) is 18.9. The summed E-state index contributed by atoms with van der Waals surface area (Å²) in [5, 5.41) is 10.6. The van der Waals surface area contributed by atoms with Gasteiger partial charge in [0.25, 0.3) is 0 Å². The van der Waals surface area contributed by atoms with E-state index in [-0.39, 0.29) is 11.9 Å². The van der Waals surface area contributed by atoms with Gasteiger partial charge in [0.1, 0.15) is 0 Å². The molecule has 1 fully saturated rings. The summed E-state index contributed by atoms with van der Waals surface area (Å²) in [5.74, 6) is 0.442. The first-order valence-electron chi connectivity index (χ1n) is 10.7. The van der Waals surface area contributed by atoms with Gasteiger partial charge in [0, 0.05) is 35.5 Å². The molecule has 0 N–H and O–H groups in total. The number of Topliss-reactive ketones (excluding diaryl/α,β-unsaturated/α-hetero) is 1. The molecule has 0 aliphatic carbocycles. The van der Waals surface area contributed by atoms with E-state index in [0.717, 1.165) is 59.3 Å². The second-order valence-corrected chi connectivity index (χ2v) is 9.21. The van der Waals surface area contributed by atoms with Crippen LogP contribution in [-0.4, -0.2) is 43.4 Å². The fourth-order valence-electron chi connectivity index (χ4n) is 4.53. The Balaban J connectivity index is 1.39. The molecule has 0 radical (unpaired) electrons. The number of hydrogen-bond acceptors (Lipinski definition) is 5. The van der Waals surface area contributed by atoms with Crippen molar-refractivity contribution < 1.29 is 9.53 Å². The van der Waals surface area contributed by atoms with Crippen LogP contribution >= 0.6 is 11.8 Å². The minimum absolute atomic E-state index is 0.116. The molecule has 0 bridgehead atoms. The van der Waals surface area contributed by atoms with Gasteiger partial charge in [0.2, 0.25) is 0 Å². The third-order valence-corrected chi connectivity index (χ3v) is 7.12. The molecule has 1 unspecified atom stereocenters. The smallest absolute Gasteiger partial charge is 0.196 e. The van der Waals surface area contributed by atoms with Gasteiger partial charge in [-0.2, -0.15) is 0 Å². The molecule has 0 amide bonds. The van der Waals surface area contributed by atoms with Crippen LogP contribution in [0, 0.1) is 20.8 Å². The number of pyridine rings is 1. The number of ketones is 1. The molecule has 6 nitrogen and oxygen atoms in total. The van der Waals surface area contributed by atoms with Crippen LogP contribution in [0.4, 0.5) is 0 Å². The number of ether oxygens (including phenoxy) is 1. The molecule has 0 spiro atoms. The number of fused-ring (bicyclic) bond motifs is 3. The molecule has 4 aromatic rings. The Bertz CT molecular complexity index is 1280. The van der Waals surface area contributed by atoms with Crippen molar-refractivity contribution in [3.05, 3.63) is 58.9 Å². The summed E-state index contributed by atoms with van der Waals surface area (Å²) >= 11 is 1.44. The van der Waals surface area contributed by atoms with Crippen molar-refractivity contribution in [1.82, 2.24) is 19.2 Å². The van der Waals surface area contributed by atoms with E-state index in [9.17, 15) is 4.79 Å². The Labute approximate surface area is 185 Å². The first-order valence-corrected chi connectivity index (χ1v) is 11.7. The summed E-state index contributed by atoms with van der Waals surface area (Å²) in [4.78, 5) is 13.1. The zero-order chi connectivity index (χ0) is 21.5. The highest BCUT2D eigenvalue weighted by atomic mass is 32.2. The Morgan fingerprint density at radius 3 is 2.84 bits per heavy atom. The lowest BCUT2D eigenvalue weighted by molar-refractivity contribution is 0.0957. The van der Waals surface area contributed by atoms with E-state index in [2.05, 4.69) is 40.7 Å². The van der Waals surface area contributed by atoms with Crippen molar-refractivity contribution >= 4 is 34.1 Å². The van der Waals surface area contributed by atoms with E-state index in [4.69, 9.17) is 4.74 Å². The van der Waals surface area contributed by atoms with Gasteiger partial charge in [-0.1, -0.05) is 30.0 Å². The summed E-state index contributed by atoms with van der Waals surface area (Å²) in [6.45, 7) is 7.83. The molecule has 7 heteroatoms. The van der Waals surface area contributed by atoms with Crippen molar-refractivity contribution in [3.63, 3.8) is 0 Å². The molecule has 1 atom stereocenters. The highest BCUT2D eigenvalue weighted by Gasteiger charge is 2.22. The monoisotopic (exact) mass is 434 g/mol. The second-order valence-electron chi connectivity index (χ2n) is 8.26. The maximum atomic E-state index is 13.1. The van der Waals surface area contributed by atoms with Crippen molar-refractivity contribution in [2.45, 2.75) is 51.4 Å². The normalized spacial score (nSPS) is 16.5. The average Bonchev–Trinajstić information content (AvgIpc) is 3.49. The lowest BCUT2D eigenvalue weighted by atomic mass is 10.1. The molecule has 1 aliphatic heterocycles. The number of rotatable bonds is 6. The van der Waals surface area contributed by atoms with E-state index >= 15 is 0 Å². The number of para-hydroxylation sites is 1. The molecule has 31 heavy (non-hydrogen) atoms. The van der Waals surface area contributed by atoms with E-state index < -0.39 is 0 Å². The van der Waals surface area contributed by atoms with Crippen LogP contribution in [0.15, 0.2) is 41.6 Å². The van der Waals surface area contributed by atoms with Gasteiger partial charge in [-0.05, 0) is 57.4 Å². The molecule has 1 aliphatic rings. The van der Waals surface area contributed by atoms with Crippen LogP contribution in [0.5, 0.6) is 0 Å². The molecule has 160 valence electrons. The number of hydrogen-bond donors (Lipinski definition) is 0. The second kappa shape index (κ2) is 8.13. The number of aromatic nitrogens is 4. The van der Waals surface area contributed by atoms with Crippen LogP contribution in [0.25, 0.3) is 16.6 Å². The molecule has 3 aromatic heterocycles. The van der Waals surface area contributed by atoms with E-state index in [0.29, 0.717) is 5.75 Å². The quantitative estimate of drug-likeness (QED) is 0.323. The molecule has 1 saturated heterocycles. The fraction of sp³-hybridized carbons (Fsp3) is 0.375. The average molecular weight is 435 g/mol. The molecule has 5 rings (SSSR count). The lowest BCUT2D eigenvalue weighted by Crippen LogP contribution is -2.17. The summed E-state index contributed by atoms with van der Waals surface area (Å²) in [7, 11) is 0. The van der Waals surface area contributed by atoms with Gasteiger partial charge in [0.05, 0.1) is 17.4 Å². The number of carbonyl (C=O) groups excluding carboxylic acids is 1. The van der Waals surface area contributed by atoms with Crippen molar-refractivity contribution in [2.24, 2.45) is 0 Å². The third kappa shape index (κ3) is 3.66. The van der Waals surface area contributed by atoms with E-state index in [1.165, 1.54) is 22.7 Å². The number of benzene rings is 1. The summed E-state index contributed by atoms with van der Waals surface area (Å²) in [6, 6.07) is 12.3. The Morgan fingerprint density at radius 2 is 2.03 bits per heavy atom. The first kappa shape index (κ1) is 20.3. The summed E-state index contributed by atoms with van der Waals surface area (Å²) in [6.07, 6.45) is 2.46. The highest BCUT2D eigenvalue weighted by molar-refractivity contribution is 7.99. The third-order valence-electron chi connectivity index (χ3n) is 6.19. The Morgan fingerprint density at radius 1 is 1.19 bits per heavy atom. The molecular weight excluding hydrogens is 408 g/mol. The summed E-state index contributed by atoms with van der Waals surface area (Å²) in [5.41, 5.74) is 5.95. The fourth-order valence-corrected chi connectivity index (χ4v) is 5.37. The zero-order valence-electron chi connectivity index (χ0n) is 18.1. The minimum atomic E-state index is 0.116. The van der Waals surface area contributed by atoms with E-state index in [1.807, 2.05) is 35.6 Å². The molecular formula is C24H26N4O2S. The van der Waals surface area contributed by atoms with Gasteiger partial charge < -0.3 is 9.30 Å². The van der Waals surface area contributed by atoms with E-state index in [1.54, 1.807) is 0 Å². The van der Waals surface area contributed by atoms with Gasteiger partial charge >= 0.3 is 0 Å². The SMILES string of the molecule is Cc1cc2nnc(SCC(=O)c3cc(C)n(CC4CCCO4)c3C)n2c2ccccc12. The standard InChI is InChI=1S/C24H26N4O2S/c1-15-11-23-25-26-24(28(23)21-9-5-4-8-19(15)21)31-14-22(29)20-12-16(2)27(17(20)3)13-18-7-6-10-30-18/h4-5,8-9,11-12,18H,6-7,10,13-14H2,1-3H3. The maximum absolute atomic E-state index is 13.1. The molecule has 0 saturated carbocycles. The summed E-state index contributed by atoms with van der Waals surface area (Å²) < 4.78 is 10.1. The maximum Gasteiger partial charge on any atom is 0.196 e. The minimum Gasteiger partial charge on any atom is -0.376 e. The largest absolute Gasteiger partial charge is 0.376 e. The van der Waals surface area contributed by atoms with Crippen LogP contribution < -0.4 is 0 Å². The van der Waals surface area contributed by atoms with Crippen molar-refractivity contribution in [3.8, 4) is 0 Å². The van der Waals surface area contributed by atoms with Gasteiger partial charge in [-0.3, -0.25) is 9.20 Å². The van der Waals surface area contributed by atoms with Crippen molar-refractivity contribution in [1.29, 1.82) is 0 Å². The Hall–Kier alpha value is -2.64. The number of aryl methyl sites for hydroxylation is 2. The number of carbonyl (C=O) groups is 1. The van der Waals surface area contributed by atoms with Crippen LogP contribution in [0.2, 0.25) is 0 Å². The predicted octanol–water partition coefficient (Wildman–Crippen LogP) is 4.76. The van der Waals surface area contributed by atoms with Crippen LogP contribution in [0.3, 0.4) is 0 Å². The van der Waals surface area contributed by atoms with Gasteiger partial charge in [0.15, 0.2) is 16.6 Å². The molecule has 1 aromatic carbocycles. The number of thioether (sulfide) groups is 1. The van der Waals surface area contributed by atoms with Crippen molar-refractivity contribution in [2.75, 3.05) is 12.4 Å². The predicted molar refractivity (Wildman–Crippen MR) is 123 cm³/mol. The van der Waals surface area contributed by atoms with Gasteiger partial charge in [-0.15, -0.1) is 10.2 Å². The lowest BCUT2D eigenvalue weighted by Gasteiger charge is -2.14. The van der Waals surface area contributed by atoms with Crippen LogP contribution in [-0.2, 0) is 11.3 Å². The van der Waals surface area contributed by atoms with Crippen LogP contribution in [0.1, 0.15) is 40.2 Å². The van der Waals surface area contributed by atoms with Gasteiger partial charge in [-0.25, -0.2) is 0 Å². The Kier molecular flexibility index (Phi) is 5.32. The number of nitrogens with zero attached hydrogens (tertiary/aromatic N) is 4. The molecule has 4 heterocycles. The topological polar surface area (TPSA) is 61.4 Å².